The minimum atomic E-state index is -0.217. The lowest BCUT2D eigenvalue weighted by atomic mass is 9.89. The van der Waals surface area contributed by atoms with Gasteiger partial charge in [0.2, 0.25) is 11.8 Å². The minimum absolute atomic E-state index is 0.00756. The van der Waals surface area contributed by atoms with Gasteiger partial charge in [0.1, 0.15) is 5.82 Å². The Morgan fingerprint density at radius 3 is 2.85 bits per heavy atom. The number of aromatic amines is 1. The van der Waals surface area contributed by atoms with Crippen molar-refractivity contribution in [2.75, 3.05) is 5.32 Å². The van der Waals surface area contributed by atoms with E-state index >= 15 is 0 Å². The van der Waals surface area contributed by atoms with E-state index in [1.165, 1.54) is 0 Å². The zero-order valence-corrected chi connectivity index (χ0v) is 15.2. The van der Waals surface area contributed by atoms with Crippen molar-refractivity contribution in [3.05, 3.63) is 59.9 Å². The maximum atomic E-state index is 12.4. The van der Waals surface area contributed by atoms with E-state index in [0.29, 0.717) is 19.3 Å². The number of hydrogen-bond acceptors (Lipinski definition) is 3. The molecule has 0 spiro atoms. The summed E-state index contributed by atoms with van der Waals surface area (Å²) in [6, 6.07) is 15.4. The van der Waals surface area contributed by atoms with Crippen molar-refractivity contribution in [1.29, 1.82) is 0 Å². The van der Waals surface area contributed by atoms with E-state index in [1.807, 2.05) is 55.5 Å². The molecule has 2 amide bonds. The molecule has 2 aromatic carbocycles. The predicted octanol–water partition coefficient (Wildman–Crippen LogP) is 3.33. The van der Waals surface area contributed by atoms with Crippen LogP contribution in [0.25, 0.3) is 11.0 Å². The van der Waals surface area contributed by atoms with E-state index in [0.717, 1.165) is 28.1 Å². The van der Waals surface area contributed by atoms with Gasteiger partial charge in [-0.15, -0.1) is 0 Å². The average Bonchev–Trinajstić information content (AvgIpc) is 3.11. The Morgan fingerprint density at radius 2 is 2.00 bits per heavy atom. The molecule has 4 rings (SSSR count). The van der Waals surface area contributed by atoms with Crippen LogP contribution in [0.4, 0.5) is 5.69 Å². The third-order valence-electron chi connectivity index (χ3n) is 5.03. The second-order valence-corrected chi connectivity index (χ2v) is 7.01. The number of imidazole rings is 1. The normalized spacial score (nSPS) is 17.2. The highest BCUT2D eigenvalue weighted by atomic mass is 16.2. The zero-order valence-electron chi connectivity index (χ0n) is 15.2. The Balaban J connectivity index is 1.33. The number of carbonyl (C=O) groups is 2. The van der Waals surface area contributed by atoms with E-state index in [1.54, 1.807) is 0 Å². The fourth-order valence-corrected chi connectivity index (χ4v) is 3.51. The molecule has 138 valence electrons. The summed E-state index contributed by atoms with van der Waals surface area (Å²) in [7, 11) is 0. The summed E-state index contributed by atoms with van der Waals surface area (Å²) in [6.45, 7) is 1.90. The van der Waals surface area contributed by atoms with Crippen molar-refractivity contribution >= 4 is 28.5 Å². The van der Waals surface area contributed by atoms with Gasteiger partial charge in [0.05, 0.1) is 17.1 Å². The SMILES string of the molecule is C[C@H](NC(=O)CCC1Cc2ccccc2NC1=O)c1nc2ccccc2[nH]1. The molecule has 6 heteroatoms. The maximum Gasteiger partial charge on any atom is 0.227 e. The molecule has 0 radical (unpaired) electrons. The van der Waals surface area contributed by atoms with Gasteiger partial charge < -0.3 is 15.6 Å². The van der Waals surface area contributed by atoms with Crippen LogP contribution in [0.15, 0.2) is 48.5 Å². The van der Waals surface area contributed by atoms with E-state index in [2.05, 4.69) is 20.6 Å². The number of aromatic nitrogens is 2. The molecule has 1 aromatic heterocycles. The number of nitrogens with one attached hydrogen (secondary N) is 3. The first-order chi connectivity index (χ1) is 13.1. The second kappa shape index (κ2) is 7.23. The topological polar surface area (TPSA) is 86.9 Å². The van der Waals surface area contributed by atoms with Crippen molar-refractivity contribution in [3.63, 3.8) is 0 Å². The molecule has 2 heterocycles. The minimum Gasteiger partial charge on any atom is -0.346 e. The fraction of sp³-hybridized carbons (Fsp3) is 0.286. The third-order valence-corrected chi connectivity index (χ3v) is 5.03. The molecule has 0 saturated heterocycles. The van der Waals surface area contributed by atoms with E-state index in [9.17, 15) is 9.59 Å². The molecule has 0 saturated carbocycles. The molecule has 27 heavy (non-hydrogen) atoms. The van der Waals surface area contributed by atoms with Gasteiger partial charge in [-0.05, 0) is 43.5 Å². The van der Waals surface area contributed by atoms with Gasteiger partial charge >= 0.3 is 0 Å². The number of carbonyl (C=O) groups excluding carboxylic acids is 2. The van der Waals surface area contributed by atoms with Crippen molar-refractivity contribution in [1.82, 2.24) is 15.3 Å². The Bertz CT molecular complexity index is 962. The quantitative estimate of drug-likeness (QED) is 0.651. The summed E-state index contributed by atoms with van der Waals surface area (Å²) in [4.78, 5) is 32.4. The Labute approximate surface area is 157 Å². The molecule has 0 aliphatic carbocycles. The van der Waals surface area contributed by atoms with Gasteiger partial charge in [0, 0.05) is 18.0 Å². The van der Waals surface area contributed by atoms with Crippen LogP contribution in [-0.2, 0) is 16.0 Å². The van der Waals surface area contributed by atoms with Crippen LogP contribution in [0.3, 0.4) is 0 Å². The van der Waals surface area contributed by atoms with Gasteiger partial charge in [-0.3, -0.25) is 9.59 Å². The molecule has 1 unspecified atom stereocenters. The first-order valence-electron chi connectivity index (χ1n) is 9.23. The summed E-state index contributed by atoms with van der Waals surface area (Å²) in [6.07, 6.45) is 1.51. The number of nitrogens with zero attached hydrogens (tertiary/aromatic N) is 1. The highest BCUT2D eigenvalue weighted by molar-refractivity contribution is 5.96. The van der Waals surface area contributed by atoms with Crippen LogP contribution in [-0.4, -0.2) is 21.8 Å². The molecule has 3 aromatic rings. The van der Waals surface area contributed by atoms with Crippen molar-refractivity contribution in [2.24, 2.45) is 5.92 Å². The summed E-state index contributed by atoms with van der Waals surface area (Å²) in [5, 5.41) is 5.90. The molecule has 3 N–H and O–H groups in total. The number of amides is 2. The second-order valence-electron chi connectivity index (χ2n) is 7.01. The van der Waals surface area contributed by atoms with Crippen LogP contribution in [0.2, 0.25) is 0 Å². The van der Waals surface area contributed by atoms with Crippen LogP contribution in [0.5, 0.6) is 0 Å². The number of hydrogen-bond donors (Lipinski definition) is 3. The smallest absolute Gasteiger partial charge is 0.227 e. The highest BCUT2D eigenvalue weighted by Crippen LogP contribution is 2.27. The molecule has 0 fully saturated rings. The number of H-pyrrole nitrogens is 1. The van der Waals surface area contributed by atoms with E-state index < -0.39 is 0 Å². The van der Waals surface area contributed by atoms with Gasteiger partial charge in [0.15, 0.2) is 0 Å². The summed E-state index contributed by atoms with van der Waals surface area (Å²) < 4.78 is 0. The lowest BCUT2D eigenvalue weighted by Crippen LogP contribution is -2.32. The van der Waals surface area contributed by atoms with Gasteiger partial charge in [0.25, 0.3) is 0 Å². The van der Waals surface area contributed by atoms with Crippen LogP contribution >= 0.6 is 0 Å². The van der Waals surface area contributed by atoms with Gasteiger partial charge in [-0.25, -0.2) is 4.98 Å². The first-order valence-corrected chi connectivity index (χ1v) is 9.23. The standard InChI is InChI=1S/C21H22N4O2/c1-13(20-23-17-8-4-5-9-18(17)24-20)22-19(26)11-10-15-12-14-6-2-3-7-16(14)25-21(15)27/h2-9,13,15H,10-12H2,1H3,(H,22,26)(H,23,24)(H,25,27)/t13-,15?/m0/s1. The largest absolute Gasteiger partial charge is 0.346 e. The summed E-state index contributed by atoms with van der Waals surface area (Å²) in [5.74, 6) is 0.475. The number of benzene rings is 2. The fourth-order valence-electron chi connectivity index (χ4n) is 3.51. The van der Waals surface area contributed by atoms with Crippen LogP contribution in [0, 0.1) is 5.92 Å². The summed E-state index contributed by atoms with van der Waals surface area (Å²) in [5.41, 5.74) is 3.83. The van der Waals surface area contributed by atoms with Gasteiger partial charge in [-0.1, -0.05) is 30.3 Å². The first kappa shape index (κ1) is 17.3. The van der Waals surface area contributed by atoms with Crippen molar-refractivity contribution < 1.29 is 9.59 Å². The number of fused-ring (bicyclic) bond motifs is 2. The molecule has 1 aliphatic heterocycles. The zero-order chi connectivity index (χ0) is 18.8. The van der Waals surface area contributed by atoms with Crippen molar-refractivity contribution in [3.8, 4) is 0 Å². The monoisotopic (exact) mass is 362 g/mol. The Kier molecular flexibility index (Phi) is 4.62. The summed E-state index contributed by atoms with van der Waals surface area (Å²) >= 11 is 0. The number of rotatable bonds is 5. The number of anilines is 1. The maximum absolute atomic E-state index is 12.4. The predicted molar refractivity (Wildman–Crippen MR) is 104 cm³/mol. The third kappa shape index (κ3) is 3.69. The number of para-hydroxylation sites is 3. The van der Waals surface area contributed by atoms with Crippen LogP contribution < -0.4 is 10.6 Å². The van der Waals surface area contributed by atoms with E-state index in [4.69, 9.17) is 0 Å². The molecule has 6 nitrogen and oxygen atoms in total. The molecule has 1 aliphatic rings. The lowest BCUT2D eigenvalue weighted by molar-refractivity contribution is -0.123. The van der Waals surface area contributed by atoms with Crippen molar-refractivity contribution in [2.45, 2.75) is 32.2 Å². The average molecular weight is 362 g/mol. The molecule has 0 bridgehead atoms. The molecule has 2 atom stereocenters. The van der Waals surface area contributed by atoms with Crippen LogP contribution in [0.1, 0.15) is 37.2 Å². The lowest BCUT2D eigenvalue weighted by Gasteiger charge is -2.24. The highest BCUT2D eigenvalue weighted by Gasteiger charge is 2.26. The van der Waals surface area contributed by atoms with E-state index in [-0.39, 0.29) is 23.8 Å². The Hall–Kier alpha value is -3.15. The Morgan fingerprint density at radius 1 is 1.22 bits per heavy atom. The van der Waals surface area contributed by atoms with Gasteiger partial charge in [-0.2, -0.15) is 0 Å². The molecular formula is C21H22N4O2. The molecular weight excluding hydrogens is 340 g/mol.